The van der Waals surface area contributed by atoms with Gasteiger partial charge in [-0.05, 0) is 55.7 Å². The number of methoxy groups -OCH3 is 2. The maximum atomic E-state index is 13.4. The molecule has 9 nitrogen and oxygen atoms in total. The van der Waals surface area contributed by atoms with Crippen molar-refractivity contribution in [1.82, 2.24) is 14.7 Å². The fourth-order valence-corrected chi connectivity index (χ4v) is 5.72. The molecule has 1 aliphatic carbocycles. The molecule has 1 saturated carbocycles. The van der Waals surface area contributed by atoms with Crippen molar-refractivity contribution in [3.05, 3.63) is 58.7 Å². The molecule has 9 heteroatoms. The smallest absolute Gasteiger partial charge is 0.261 e. The number of rotatable bonds is 5. The van der Waals surface area contributed by atoms with Crippen molar-refractivity contribution in [2.45, 2.75) is 44.6 Å². The van der Waals surface area contributed by atoms with Crippen molar-refractivity contribution in [2.24, 2.45) is 0 Å². The molecule has 0 radical (unpaired) electrons. The standard InChI is InChI=1S/C29H33N3O6/c1-37-24-12-10-20(18-25(24)38-2)27(34)31-14-6-13-30(15-16-31)26(33)19-9-11-22-23(17-19)29(36)32(28(22)35)21-7-4-3-5-8-21/h9-12,17-18,21H,3-8,13-16H2,1-2H3. The largest absolute Gasteiger partial charge is 0.493 e. The summed E-state index contributed by atoms with van der Waals surface area (Å²) in [6.07, 6.45) is 5.46. The molecule has 2 aromatic rings. The number of carbonyl (C=O) groups excluding carboxylic acids is 4. The molecule has 0 atom stereocenters. The van der Waals surface area contributed by atoms with Crippen molar-refractivity contribution in [1.29, 1.82) is 0 Å². The Labute approximate surface area is 222 Å². The van der Waals surface area contributed by atoms with Crippen LogP contribution >= 0.6 is 0 Å². The van der Waals surface area contributed by atoms with Crippen molar-refractivity contribution < 1.29 is 28.7 Å². The lowest BCUT2D eigenvalue weighted by Crippen LogP contribution is -2.40. The van der Waals surface area contributed by atoms with Gasteiger partial charge >= 0.3 is 0 Å². The Morgan fingerprint density at radius 1 is 0.684 bits per heavy atom. The highest BCUT2D eigenvalue weighted by atomic mass is 16.5. The van der Waals surface area contributed by atoms with Crippen LogP contribution in [0.1, 0.15) is 80.0 Å². The van der Waals surface area contributed by atoms with Gasteiger partial charge in [0.2, 0.25) is 0 Å². The highest BCUT2D eigenvalue weighted by molar-refractivity contribution is 6.22. The molecule has 0 aromatic heterocycles. The molecule has 1 saturated heterocycles. The predicted molar refractivity (Wildman–Crippen MR) is 140 cm³/mol. The Kier molecular flexibility index (Phi) is 7.35. The van der Waals surface area contributed by atoms with E-state index in [0.29, 0.717) is 66.4 Å². The van der Waals surface area contributed by atoms with Gasteiger partial charge in [0.25, 0.3) is 23.6 Å². The first-order chi connectivity index (χ1) is 18.4. The summed E-state index contributed by atoms with van der Waals surface area (Å²) in [5, 5.41) is 0. The van der Waals surface area contributed by atoms with Gasteiger partial charge in [0.05, 0.1) is 25.3 Å². The Balaban J connectivity index is 1.27. The minimum absolute atomic E-state index is 0.0601. The van der Waals surface area contributed by atoms with Crippen LogP contribution in [-0.4, -0.2) is 84.8 Å². The third-order valence-corrected chi connectivity index (χ3v) is 7.81. The molecule has 3 aliphatic rings. The number of amides is 4. The normalized spacial score (nSPS) is 18.3. The lowest BCUT2D eigenvalue weighted by molar-refractivity contribution is 0.0548. The van der Waals surface area contributed by atoms with E-state index in [1.165, 1.54) is 12.0 Å². The van der Waals surface area contributed by atoms with Crippen molar-refractivity contribution in [3.8, 4) is 11.5 Å². The average molecular weight is 520 g/mol. The lowest BCUT2D eigenvalue weighted by Gasteiger charge is -2.29. The molecule has 0 unspecified atom stereocenters. The van der Waals surface area contributed by atoms with Crippen LogP contribution < -0.4 is 9.47 Å². The third kappa shape index (κ3) is 4.73. The first kappa shape index (κ1) is 25.8. The van der Waals surface area contributed by atoms with Gasteiger partial charge in [-0.3, -0.25) is 24.1 Å². The summed E-state index contributed by atoms with van der Waals surface area (Å²) >= 11 is 0. The van der Waals surface area contributed by atoms with E-state index in [-0.39, 0.29) is 29.7 Å². The SMILES string of the molecule is COc1ccc(C(=O)N2CCCN(C(=O)c3ccc4c(c3)C(=O)N(C3CCCCC3)C4=O)CC2)cc1OC. The number of ether oxygens (including phenoxy) is 2. The average Bonchev–Trinajstić information content (AvgIpc) is 3.10. The van der Waals surface area contributed by atoms with Crippen LogP contribution in [-0.2, 0) is 0 Å². The van der Waals surface area contributed by atoms with Crippen LogP contribution in [0, 0.1) is 0 Å². The van der Waals surface area contributed by atoms with Gasteiger partial charge in [-0.25, -0.2) is 0 Å². The first-order valence-electron chi connectivity index (χ1n) is 13.3. The zero-order valence-corrected chi connectivity index (χ0v) is 21.9. The molecule has 200 valence electrons. The zero-order chi connectivity index (χ0) is 26.8. The van der Waals surface area contributed by atoms with E-state index in [1.807, 2.05) is 0 Å². The Morgan fingerprint density at radius 2 is 1.26 bits per heavy atom. The van der Waals surface area contributed by atoms with E-state index >= 15 is 0 Å². The summed E-state index contributed by atoms with van der Waals surface area (Å²) in [7, 11) is 3.07. The van der Waals surface area contributed by atoms with E-state index in [4.69, 9.17) is 9.47 Å². The molecule has 38 heavy (non-hydrogen) atoms. The minimum atomic E-state index is -0.297. The van der Waals surface area contributed by atoms with Crippen LogP contribution in [0.5, 0.6) is 11.5 Å². The van der Waals surface area contributed by atoms with Crippen LogP contribution in [0.25, 0.3) is 0 Å². The second kappa shape index (κ2) is 10.8. The monoisotopic (exact) mass is 519 g/mol. The number of fused-ring (bicyclic) bond motifs is 1. The van der Waals surface area contributed by atoms with Gasteiger partial charge in [-0.2, -0.15) is 0 Å². The number of nitrogens with zero attached hydrogens (tertiary/aromatic N) is 3. The van der Waals surface area contributed by atoms with Crippen LogP contribution in [0.3, 0.4) is 0 Å². The van der Waals surface area contributed by atoms with Crippen LogP contribution in [0.2, 0.25) is 0 Å². The van der Waals surface area contributed by atoms with E-state index in [2.05, 4.69) is 0 Å². The second-order valence-electron chi connectivity index (χ2n) is 10.0. The summed E-state index contributed by atoms with van der Waals surface area (Å²) in [6, 6.07) is 9.82. The van der Waals surface area contributed by atoms with E-state index in [9.17, 15) is 19.2 Å². The van der Waals surface area contributed by atoms with Crippen LogP contribution in [0.4, 0.5) is 0 Å². The molecule has 2 fully saturated rings. The Hall–Kier alpha value is -3.88. The van der Waals surface area contributed by atoms with E-state index < -0.39 is 0 Å². The maximum Gasteiger partial charge on any atom is 0.261 e. The fourth-order valence-electron chi connectivity index (χ4n) is 5.72. The first-order valence-corrected chi connectivity index (χ1v) is 13.3. The summed E-state index contributed by atoms with van der Waals surface area (Å²) in [6.45, 7) is 1.77. The Bertz CT molecular complexity index is 1270. The molecular weight excluding hydrogens is 486 g/mol. The van der Waals surface area contributed by atoms with E-state index in [0.717, 1.165) is 32.1 Å². The van der Waals surface area contributed by atoms with E-state index in [1.54, 1.807) is 53.3 Å². The number of imide groups is 1. The number of benzene rings is 2. The van der Waals surface area contributed by atoms with Gasteiger partial charge in [-0.1, -0.05) is 19.3 Å². The van der Waals surface area contributed by atoms with Gasteiger partial charge in [0.15, 0.2) is 11.5 Å². The highest BCUT2D eigenvalue weighted by Gasteiger charge is 2.40. The summed E-state index contributed by atoms with van der Waals surface area (Å²) < 4.78 is 10.6. The Morgan fingerprint density at radius 3 is 1.89 bits per heavy atom. The van der Waals surface area contributed by atoms with Crippen molar-refractivity contribution in [2.75, 3.05) is 40.4 Å². The lowest BCUT2D eigenvalue weighted by atomic mass is 9.94. The number of hydrogen-bond donors (Lipinski definition) is 0. The van der Waals surface area contributed by atoms with Gasteiger partial charge in [0.1, 0.15) is 0 Å². The molecule has 2 aromatic carbocycles. The molecule has 2 heterocycles. The minimum Gasteiger partial charge on any atom is -0.493 e. The molecule has 0 bridgehead atoms. The quantitative estimate of drug-likeness (QED) is 0.560. The summed E-state index contributed by atoms with van der Waals surface area (Å²) in [4.78, 5) is 57.6. The highest BCUT2D eigenvalue weighted by Crippen LogP contribution is 2.32. The summed E-state index contributed by atoms with van der Waals surface area (Å²) in [5.74, 6) is 0.142. The molecule has 2 aliphatic heterocycles. The molecular formula is C29H33N3O6. The predicted octanol–water partition coefficient (Wildman–Crippen LogP) is 3.62. The van der Waals surface area contributed by atoms with Gasteiger partial charge in [-0.15, -0.1) is 0 Å². The van der Waals surface area contributed by atoms with Gasteiger partial charge in [0, 0.05) is 43.3 Å². The fraction of sp³-hybridized carbons (Fsp3) is 0.448. The topological polar surface area (TPSA) is 96.5 Å². The summed E-state index contributed by atoms with van der Waals surface area (Å²) in [5.41, 5.74) is 1.56. The number of carbonyl (C=O) groups is 4. The molecule has 4 amide bonds. The number of hydrogen-bond acceptors (Lipinski definition) is 6. The molecule has 0 spiro atoms. The second-order valence-corrected chi connectivity index (χ2v) is 10.0. The van der Waals surface area contributed by atoms with Crippen molar-refractivity contribution in [3.63, 3.8) is 0 Å². The van der Waals surface area contributed by atoms with Crippen LogP contribution in [0.15, 0.2) is 36.4 Å². The maximum absolute atomic E-state index is 13.4. The molecule has 5 rings (SSSR count). The van der Waals surface area contributed by atoms with Crippen molar-refractivity contribution >= 4 is 23.6 Å². The zero-order valence-electron chi connectivity index (χ0n) is 21.9. The third-order valence-electron chi connectivity index (χ3n) is 7.81. The molecule has 0 N–H and O–H groups in total. The van der Waals surface area contributed by atoms with Gasteiger partial charge < -0.3 is 19.3 Å².